The molecule has 2 heterocycles. The van der Waals surface area contributed by atoms with Gasteiger partial charge in [0.25, 0.3) is 0 Å². The molecule has 5 heteroatoms. The highest BCUT2D eigenvalue weighted by molar-refractivity contribution is 5.85. The first-order valence-electron chi connectivity index (χ1n) is 7.88. The maximum atomic E-state index is 10.3. The molecule has 2 aromatic rings. The molecule has 0 aliphatic carbocycles. The Kier molecular flexibility index (Phi) is 4.66. The number of aromatic nitrogens is 1. The van der Waals surface area contributed by atoms with Crippen LogP contribution in [0.4, 0.5) is 0 Å². The monoisotopic (exact) mass is 304 g/mol. The third-order valence-corrected chi connectivity index (χ3v) is 4.45. The minimum absolute atomic E-state index is 0.204. The van der Waals surface area contributed by atoms with Crippen LogP contribution in [0.5, 0.6) is 5.75 Å². The predicted octanol–water partition coefficient (Wildman–Crippen LogP) is 2.02. The summed E-state index contributed by atoms with van der Waals surface area (Å²) in [4.78, 5) is 5.42. The fourth-order valence-electron chi connectivity index (χ4n) is 2.94. The van der Waals surface area contributed by atoms with Crippen LogP contribution in [0.15, 0.2) is 30.5 Å². The second-order valence-corrected chi connectivity index (χ2v) is 5.97. The molecule has 2 N–H and O–H groups in total. The van der Waals surface area contributed by atoms with Gasteiger partial charge >= 0.3 is 0 Å². The number of aliphatic hydroxyl groups excluding tert-OH is 1. The van der Waals surface area contributed by atoms with E-state index in [0.29, 0.717) is 19.2 Å². The average molecular weight is 304 g/mol. The van der Waals surface area contributed by atoms with Crippen LogP contribution in [0.25, 0.3) is 10.9 Å². The van der Waals surface area contributed by atoms with E-state index in [0.717, 1.165) is 29.8 Å². The van der Waals surface area contributed by atoms with Crippen molar-refractivity contribution in [3.8, 4) is 5.75 Å². The van der Waals surface area contributed by atoms with E-state index in [-0.39, 0.29) is 6.10 Å². The number of hydrogen-bond acceptors (Lipinski definition) is 4. The van der Waals surface area contributed by atoms with E-state index >= 15 is 0 Å². The summed E-state index contributed by atoms with van der Waals surface area (Å²) in [7, 11) is 0. The Labute approximate surface area is 130 Å². The van der Waals surface area contributed by atoms with Gasteiger partial charge in [0, 0.05) is 36.2 Å². The number of β-amino-alcohol motifs (C(OH)–C–C–N with tert-alkyl or cyclic N) is 1. The molecule has 0 radical (unpaired) electrons. The number of aromatic amines is 1. The summed E-state index contributed by atoms with van der Waals surface area (Å²) >= 11 is 0. The van der Waals surface area contributed by atoms with Gasteiger partial charge in [0.1, 0.15) is 18.5 Å². The molecule has 1 aromatic carbocycles. The van der Waals surface area contributed by atoms with Crippen molar-refractivity contribution in [1.29, 1.82) is 0 Å². The summed E-state index contributed by atoms with van der Waals surface area (Å²) in [5.74, 6) is 0.807. The number of hydrogen-bond donors (Lipinski definition) is 2. The number of nitrogens with one attached hydrogen (secondary N) is 1. The molecule has 1 aliphatic heterocycles. The molecule has 1 saturated heterocycles. The van der Waals surface area contributed by atoms with Crippen LogP contribution in [-0.2, 0) is 4.74 Å². The fraction of sp³-hybridized carbons (Fsp3) is 0.529. The number of nitrogens with zero attached hydrogens (tertiary/aromatic N) is 1. The largest absolute Gasteiger partial charge is 0.490 e. The van der Waals surface area contributed by atoms with Crippen LogP contribution >= 0.6 is 0 Å². The van der Waals surface area contributed by atoms with Crippen LogP contribution in [0.3, 0.4) is 0 Å². The first-order valence-corrected chi connectivity index (χ1v) is 7.88. The number of aliphatic hydroxyl groups is 1. The van der Waals surface area contributed by atoms with Gasteiger partial charge < -0.3 is 19.6 Å². The maximum absolute atomic E-state index is 10.3. The van der Waals surface area contributed by atoms with Crippen molar-refractivity contribution in [3.63, 3.8) is 0 Å². The lowest BCUT2D eigenvalue weighted by molar-refractivity contribution is -0.0700. The van der Waals surface area contributed by atoms with Crippen LogP contribution in [0.1, 0.15) is 13.8 Å². The summed E-state index contributed by atoms with van der Waals surface area (Å²) in [5, 5.41) is 11.3. The number of ether oxygens (including phenoxy) is 2. The molecule has 1 aliphatic rings. The Morgan fingerprint density at radius 1 is 1.41 bits per heavy atom. The maximum Gasteiger partial charge on any atom is 0.128 e. The average Bonchev–Trinajstić information content (AvgIpc) is 2.99. The topological polar surface area (TPSA) is 57.7 Å². The molecule has 3 atom stereocenters. The third kappa shape index (κ3) is 3.27. The van der Waals surface area contributed by atoms with Crippen molar-refractivity contribution in [2.75, 3.05) is 26.3 Å². The second-order valence-electron chi connectivity index (χ2n) is 5.97. The fourth-order valence-corrected chi connectivity index (χ4v) is 2.94. The molecule has 5 nitrogen and oxygen atoms in total. The van der Waals surface area contributed by atoms with Gasteiger partial charge in [-0.2, -0.15) is 0 Å². The SMILES string of the molecule is CC1OCCN(CC(O)COc2cccc3[nH]ccc23)C1C. The van der Waals surface area contributed by atoms with Gasteiger partial charge in [-0.05, 0) is 32.0 Å². The van der Waals surface area contributed by atoms with Crippen LogP contribution in [0.2, 0.25) is 0 Å². The van der Waals surface area contributed by atoms with Crippen molar-refractivity contribution >= 4 is 10.9 Å². The summed E-state index contributed by atoms with van der Waals surface area (Å²) in [6.45, 7) is 6.70. The first kappa shape index (κ1) is 15.3. The predicted molar refractivity (Wildman–Crippen MR) is 86.2 cm³/mol. The normalized spacial score (nSPS) is 24.5. The molecular weight excluding hydrogens is 280 g/mol. The lowest BCUT2D eigenvalue weighted by Gasteiger charge is -2.38. The number of morpholine rings is 1. The minimum Gasteiger partial charge on any atom is -0.490 e. The van der Waals surface area contributed by atoms with Crippen LogP contribution < -0.4 is 4.74 Å². The first-order chi connectivity index (χ1) is 10.6. The Hall–Kier alpha value is -1.56. The minimum atomic E-state index is -0.512. The summed E-state index contributed by atoms with van der Waals surface area (Å²) in [5.41, 5.74) is 1.04. The molecule has 0 saturated carbocycles. The number of H-pyrrole nitrogens is 1. The number of fused-ring (bicyclic) bond motifs is 1. The van der Waals surface area contributed by atoms with Gasteiger partial charge in [-0.15, -0.1) is 0 Å². The van der Waals surface area contributed by atoms with Gasteiger partial charge in [-0.3, -0.25) is 4.90 Å². The molecular formula is C17H24N2O3. The number of benzene rings is 1. The zero-order valence-electron chi connectivity index (χ0n) is 13.2. The van der Waals surface area contributed by atoms with Gasteiger partial charge in [0.2, 0.25) is 0 Å². The molecule has 3 rings (SSSR count). The quantitative estimate of drug-likeness (QED) is 0.887. The van der Waals surface area contributed by atoms with Crippen molar-refractivity contribution < 1.29 is 14.6 Å². The number of rotatable bonds is 5. The van der Waals surface area contributed by atoms with Crippen LogP contribution in [-0.4, -0.2) is 59.5 Å². The standard InChI is InChI=1S/C17H24N2O3/c1-12-13(2)21-9-8-19(12)10-14(20)11-22-17-5-3-4-16-15(17)6-7-18-16/h3-7,12-14,18,20H,8-11H2,1-2H3. The van der Waals surface area contributed by atoms with Crippen molar-refractivity contribution in [1.82, 2.24) is 9.88 Å². The van der Waals surface area contributed by atoms with Gasteiger partial charge in [0.15, 0.2) is 0 Å². The van der Waals surface area contributed by atoms with E-state index < -0.39 is 6.10 Å². The smallest absolute Gasteiger partial charge is 0.128 e. The van der Waals surface area contributed by atoms with E-state index in [2.05, 4.69) is 23.7 Å². The lowest BCUT2D eigenvalue weighted by atomic mass is 10.1. The molecule has 1 fully saturated rings. The van der Waals surface area contributed by atoms with Gasteiger partial charge in [-0.1, -0.05) is 6.07 Å². The molecule has 0 spiro atoms. The van der Waals surface area contributed by atoms with Crippen molar-refractivity contribution in [2.24, 2.45) is 0 Å². The molecule has 120 valence electrons. The highest BCUT2D eigenvalue weighted by atomic mass is 16.5. The molecule has 0 amide bonds. The Morgan fingerprint density at radius 2 is 2.27 bits per heavy atom. The van der Waals surface area contributed by atoms with Crippen molar-refractivity contribution in [2.45, 2.75) is 32.1 Å². The lowest BCUT2D eigenvalue weighted by Crippen LogP contribution is -2.51. The van der Waals surface area contributed by atoms with E-state index in [1.165, 1.54) is 0 Å². The van der Waals surface area contributed by atoms with E-state index in [9.17, 15) is 5.11 Å². The molecule has 3 unspecified atom stereocenters. The van der Waals surface area contributed by atoms with E-state index in [1.807, 2.05) is 30.5 Å². The second kappa shape index (κ2) is 6.69. The molecule has 22 heavy (non-hydrogen) atoms. The highest BCUT2D eigenvalue weighted by Gasteiger charge is 2.26. The van der Waals surface area contributed by atoms with Gasteiger partial charge in [-0.25, -0.2) is 0 Å². The van der Waals surface area contributed by atoms with E-state index in [4.69, 9.17) is 9.47 Å². The Balaban J connectivity index is 1.56. The molecule has 0 bridgehead atoms. The Bertz CT molecular complexity index is 613. The van der Waals surface area contributed by atoms with Crippen LogP contribution in [0, 0.1) is 0 Å². The third-order valence-electron chi connectivity index (χ3n) is 4.45. The zero-order valence-corrected chi connectivity index (χ0v) is 13.2. The Morgan fingerprint density at radius 3 is 3.14 bits per heavy atom. The summed E-state index contributed by atoms with van der Waals surface area (Å²) in [6.07, 6.45) is 1.59. The van der Waals surface area contributed by atoms with Crippen molar-refractivity contribution in [3.05, 3.63) is 30.5 Å². The molecule has 1 aromatic heterocycles. The van der Waals surface area contributed by atoms with E-state index in [1.54, 1.807) is 0 Å². The summed E-state index contributed by atoms with van der Waals surface area (Å²) in [6, 6.07) is 8.20. The highest BCUT2D eigenvalue weighted by Crippen LogP contribution is 2.24. The zero-order chi connectivity index (χ0) is 15.5. The van der Waals surface area contributed by atoms with Gasteiger partial charge in [0.05, 0.1) is 12.7 Å². The summed E-state index contributed by atoms with van der Waals surface area (Å²) < 4.78 is 11.4.